The Balaban J connectivity index is 1.58. The topological polar surface area (TPSA) is 18.5 Å². The Labute approximate surface area is 149 Å². The van der Waals surface area contributed by atoms with Gasteiger partial charge in [-0.15, -0.1) is 0 Å². The number of nitrogens with zero attached hydrogens (tertiary/aromatic N) is 2. The lowest BCUT2D eigenvalue weighted by Crippen LogP contribution is -2.43. The van der Waals surface area contributed by atoms with Gasteiger partial charge in [0.15, 0.2) is 0 Å². The molecule has 0 unspecified atom stereocenters. The molecule has 1 fully saturated rings. The van der Waals surface area contributed by atoms with Gasteiger partial charge in [-0.1, -0.05) is 6.07 Å². The number of hydrogen-bond donors (Lipinski definition) is 1. The fourth-order valence-electron chi connectivity index (χ4n) is 2.75. The Bertz CT molecular complexity index is 695. The van der Waals surface area contributed by atoms with Crippen molar-refractivity contribution < 1.29 is 13.2 Å². The number of hydrogen-bond acceptors (Lipinski definition) is 4. The third kappa shape index (κ3) is 4.61. The van der Waals surface area contributed by atoms with Gasteiger partial charge in [0.05, 0.1) is 5.56 Å². The van der Waals surface area contributed by atoms with E-state index in [9.17, 15) is 13.2 Å². The molecule has 134 valence electrons. The molecule has 1 heterocycles. The van der Waals surface area contributed by atoms with Crippen LogP contribution in [0.25, 0.3) is 0 Å². The van der Waals surface area contributed by atoms with E-state index in [1.54, 1.807) is 18.0 Å². The Morgan fingerprint density at radius 2 is 1.64 bits per heavy atom. The first kappa shape index (κ1) is 17.9. The molecule has 1 aliphatic heterocycles. The van der Waals surface area contributed by atoms with Crippen molar-refractivity contribution in [2.45, 2.75) is 11.1 Å². The summed E-state index contributed by atoms with van der Waals surface area (Å²) >= 11 is 1.69. The highest BCUT2D eigenvalue weighted by molar-refractivity contribution is 7.97. The number of anilines is 2. The molecule has 0 aromatic heterocycles. The molecule has 7 heteroatoms. The molecule has 2 aromatic rings. The zero-order valence-electron chi connectivity index (χ0n) is 13.9. The van der Waals surface area contributed by atoms with Crippen LogP contribution in [-0.2, 0) is 6.18 Å². The Morgan fingerprint density at radius 1 is 0.960 bits per heavy atom. The molecule has 0 saturated carbocycles. The van der Waals surface area contributed by atoms with E-state index in [0.29, 0.717) is 18.8 Å². The number of alkyl halides is 3. The molecule has 0 aliphatic carbocycles. The van der Waals surface area contributed by atoms with Crippen molar-refractivity contribution in [3.05, 3.63) is 54.1 Å². The SMILES string of the molecule is CNc1ccc(SN2CCN(c3cccc(C(F)(F)F)c3)CC2)cc1. The van der Waals surface area contributed by atoms with Gasteiger partial charge in [0.1, 0.15) is 0 Å². The van der Waals surface area contributed by atoms with Crippen LogP contribution in [0.4, 0.5) is 24.5 Å². The largest absolute Gasteiger partial charge is 0.416 e. The van der Waals surface area contributed by atoms with Crippen LogP contribution < -0.4 is 10.2 Å². The van der Waals surface area contributed by atoms with Gasteiger partial charge in [-0.3, -0.25) is 0 Å². The normalized spacial score (nSPS) is 16.1. The van der Waals surface area contributed by atoms with Crippen LogP contribution in [0, 0.1) is 0 Å². The van der Waals surface area contributed by atoms with Crippen LogP contribution in [0.2, 0.25) is 0 Å². The maximum atomic E-state index is 12.9. The Hall–Kier alpha value is -1.86. The van der Waals surface area contributed by atoms with Crippen LogP contribution in [-0.4, -0.2) is 37.5 Å². The summed E-state index contributed by atoms with van der Waals surface area (Å²) in [6.07, 6.45) is -4.30. The second kappa shape index (κ2) is 7.58. The summed E-state index contributed by atoms with van der Waals surface area (Å²) in [5.74, 6) is 0. The molecule has 3 nitrogen and oxygen atoms in total. The summed E-state index contributed by atoms with van der Waals surface area (Å²) in [5, 5.41) is 3.09. The molecule has 0 radical (unpaired) electrons. The van der Waals surface area contributed by atoms with Crippen molar-refractivity contribution in [1.29, 1.82) is 0 Å². The number of benzene rings is 2. The van der Waals surface area contributed by atoms with Crippen molar-refractivity contribution in [2.24, 2.45) is 0 Å². The quantitative estimate of drug-likeness (QED) is 0.797. The van der Waals surface area contributed by atoms with Crippen molar-refractivity contribution >= 4 is 23.3 Å². The molecular formula is C18H20F3N3S. The van der Waals surface area contributed by atoms with Gasteiger partial charge in [-0.25, -0.2) is 4.31 Å². The zero-order chi connectivity index (χ0) is 17.9. The summed E-state index contributed by atoms with van der Waals surface area (Å²) in [4.78, 5) is 3.17. The standard InChI is InChI=1S/C18H20F3N3S/c1-22-15-5-7-17(8-6-15)25-24-11-9-23(10-12-24)16-4-2-3-14(13-16)18(19,20)21/h2-8,13,22H,9-12H2,1H3. The fraction of sp³-hybridized carbons (Fsp3) is 0.333. The minimum atomic E-state index is -4.30. The third-order valence-electron chi connectivity index (χ3n) is 4.15. The summed E-state index contributed by atoms with van der Waals surface area (Å²) < 4.78 is 40.8. The number of nitrogens with one attached hydrogen (secondary N) is 1. The second-order valence-electron chi connectivity index (χ2n) is 5.83. The minimum absolute atomic E-state index is 0.591. The van der Waals surface area contributed by atoms with Crippen LogP contribution in [0.3, 0.4) is 0 Å². The lowest BCUT2D eigenvalue weighted by Gasteiger charge is -2.35. The zero-order valence-corrected chi connectivity index (χ0v) is 14.7. The van der Waals surface area contributed by atoms with Crippen LogP contribution in [0.5, 0.6) is 0 Å². The minimum Gasteiger partial charge on any atom is -0.388 e. The predicted octanol–water partition coefficient (Wildman–Crippen LogP) is 4.58. The van der Waals surface area contributed by atoms with E-state index in [2.05, 4.69) is 21.8 Å². The van der Waals surface area contributed by atoms with E-state index in [1.165, 1.54) is 12.1 Å². The average Bonchev–Trinajstić information content (AvgIpc) is 2.62. The first-order valence-corrected chi connectivity index (χ1v) is 8.86. The lowest BCUT2D eigenvalue weighted by molar-refractivity contribution is -0.137. The van der Waals surface area contributed by atoms with Crippen molar-refractivity contribution in [2.75, 3.05) is 43.4 Å². The van der Waals surface area contributed by atoms with E-state index >= 15 is 0 Å². The smallest absolute Gasteiger partial charge is 0.388 e. The second-order valence-corrected chi connectivity index (χ2v) is 7.00. The van der Waals surface area contributed by atoms with Gasteiger partial charge in [0.2, 0.25) is 0 Å². The predicted molar refractivity (Wildman–Crippen MR) is 97.1 cm³/mol. The van der Waals surface area contributed by atoms with Crippen LogP contribution in [0.15, 0.2) is 53.4 Å². The molecule has 0 bridgehead atoms. The van der Waals surface area contributed by atoms with E-state index in [0.717, 1.165) is 29.7 Å². The van der Waals surface area contributed by atoms with E-state index in [-0.39, 0.29) is 0 Å². The maximum absolute atomic E-state index is 12.9. The maximum Gasteiger partial charge on any atom is 0.416 e. The Morgan fingerprint density at radius 3 is 2.24 bits per heavy atom. The average molecular weight is 367 g/mol. The summed E-state index contributed by atoms with van der Waals surface area (Å²) in [6.45, 7) is 3.02. The van der Waals surface area contributed by atoms with E-state index < -0.39 is 11.7 Å². The van der Waals surface area contributed by atoms with Gasteiger partial charge in [-0.2, -0.15) is 13.2 Å². The molecule has 1 aliphatic rings. The highest BCUT2D eigenvalue weighted by Gasteiger charge is 2.31. The highest BCUT2D eigenvalue weighted by Crippen LogP contribution is 2.32. The number of rotatable bonds is 4. The molecule has 1 saturated heterocycles. The van der Waals surface area contributed by atoms with Crippen LogP contribution >= 0.6 is 11.9 Å². The molecule has 0 spiro atoms. The lowest BCUT2D eigenvalue weighted by atomic mass is 10.1. The van der Waals surface area contributed by atoms with Gasteiger partial charge < -0.3 is 10.2 Å². The molecular weight excluding hydrogens is 347 g/mol. The molecule has 1 N–H and O–H groups in total. The van der Waals surface area contributed by atoms with E-state index in [1.807, 2.05) is 24.1 Å². The van der Waals surface area contributed by atoms with Crippen molar-refractivity contribution in [1.82, 2.24) is 4.31 Å². The third-order valence-corrected chi connectivity index (χ3v) is 5.26. The van der Waals surface area contributed by atoms with Gasteiger partial charge >= 0.3 is 6.18 Å². The number of halogens is 3. The molecule has 25 heavy (non-hydrogen) atoms. The molecule has 0 atom stereocenters. The first-order chi connectivity index (χ1) is 12.0. The fourth-order valence-corrected chi connectivity index (χ4v) is 3.65. The van der Waals surface area contributed by atoms with Crippen molar-refractivity contribution in [3.8, 4) is 0 Å². The number of piperazine rings is 1. The Kier molecular flexibility index (Phi) is 5.44. The van der Waals surface area contributed by atoms with Gasteiger partial charge in [0, 0.05) is 49.5 Å². The van der Waals surface area contributed by atoms with Crippen molar-refractivity contribution in [3.63, 3.8) is 0 Å². The molecule has 2 aromatic carbocycles. The summed E-state index contributed by atoms with van der Waals surface area (Å²) in [7, 11) is 1.88. The van der Waals surface area contributed by atoms with E-state index in [4.69, 9.17) is 0 Å². The molecule has 3 rings (SSSR count). The summed E-state index contributed by atoms with van der Waals surface area (Å²) in [5.41, 5.74) is 1.11. The highest BCUT2D eigenvalue weighted by atomic mass is 32.2. The van der Waals surface area contributed by atoms with Crippen LogP contribution in [0.1, 0.15) is 5.56 Å². The first-order valence-electron chi connectivity index (χ1n) is 8.08. The molecule has 0 amide bonds. The van der Waals surface area contributed by atoms with Gasteiger partial charge in [-0.05, 0) is 54.4 Å². The van der Waals surface area contributed by atoms with Gasteiger partial charge in [0.25, 0.3) is 0 Å². The monoisotopic (exact) mass is 367 g/mol. The summed E-state index contributed by atoms with van der Waals surface area (Å²) in [6, 6.07) is 13.8.